The normalized spacial score (nSPS) is 17.1. The summed E-state index contributed by atoms with van der Waals surface area (Å²) < 4.78 is 5.36. The number of hydrogen-bond acceptors (Lipinski definition) is 5. The maximum absolute atomic E-state index is 13.0. The lowest BCUT2D eigenvalue weighted by Gasteiger charge is -2.33. The van der Waals surface area contributed by atoms with Crippen molar-refractivity contribution in [3.05, 3.63) is 71.1 Å². The van der Waals surface area contributed by atoms with Gasteiger partial charge in [0.15, 0.2) is 0 Å². The molecule has 7 heteroatoms. The van der Waals surface area contributed by atoms with Gasteiger partial charge in [-0.15, -0.1) is 0 Å². The summed E-state index contributed by atoms with van der Waals surface area (Å²) >= 11 is 6.30. The van der Waals surface area contributed by atoms with Gasteiger partial charge in [-0.05, 0) is 31.0 Å². The van der Waals surface area contributed by atoms with Crippen LogP contribution in [-0.4, -0.2) is 46.0 Å². The number of carbonyl (C=O) groups excluding carboxylic acids is 1. The van der Waals surface area contributed by atoms with Crippen LogP contribution in [0.2, 0.25) is 5.02 Å². The Bertz CT molecular complexity index is 992. The van der Waals surface area contributed by atoms with Gasteiger partial charge in [0.2, 0.25) is 17.6 Å². The number of carbonyl (C=O) groups is 1. The van der Waals surface area contributed by atoms with Crippen molar-refractivity contribution in [2.45, 2.75) is 25.9 Å². The fourth-order valence-electron chi connectivity index (χ4n) is 3.88. The molecule has 1 aliphatic rings. The zero-order valence-electron chi connectivity index (χ0n) is 17.0. The van der Waals surface area contributed by atoms with Gasteiger partial charge < -0.3 is 9.42 Å². The van der Waals surface area contributed by atoms with E-state index in [4.69, 9.17) is 16.1 Å². The number of piperidine rings is 1. The molecule has 0 bridgehead atoms. The summed E-state index contributed by atoms with van der Waals surface area (Å²) in [6.07, 6.45) is 1.88. The number of nitrogens with zero attached hydrogens (tertiary/aromatic N) is 4. The molecule has 6 nitrogen and oxygen atoms in total. The number of likely N-dealkylation sites (tertiary alicyclic amines) is 1. The first-order valence-electron chi connectivity index (χ1n) is 10.2. The molecular formula is C23H25ClN4O2. The van der Waals surface area contributed by atoms with E-state index in [1.165, 1.54) is 0 Å². The molecule has 4 rings (SSSR count). The van der Waals surface area contributed by atoms with Crippen LogP contribution >= 0.6 is 11.6 Å². The van der Waals surface area contributed by atoms with E-state index in [0.717, 1.165) is 48.6 Å². The van der Waals surface area contributed by atoms with Crippen molar-refractivity contribution in [1.29, 1.82) is 0 Å². The first-order chi connectivity index (χ1) is 14.6. The largest absolute Gasteiger partial charge is 0.337 e. The Balaban J connectivity index is 1.35. The molecule has 1 aliphatic heterocycles. The standard InChI is InChI=1S/C23H25ClN4O2/c1-27(16-21-25-22(26-30-21)17-8-3-2-4-9-17)23(29)19-11-7-13-28(15-19)14-18-10-5-6-12-20(18)24/h2-6,8-10,12,19H,7,11,13-16H2,1H3/t19-/m1/s1. The highest BCUT2D eigenvalue weighted by Gasteiger charge is 2.29. The molecule has 1 aromatic heterocycles. The third kappa shape index (κ3) is 4.89. The highest BCUT2D eigenvalue weighted by molar-refractivity contribution is 6.31. The lowest BCUT2D eigenvalue weighted by atomic mass is 9.96. The van der Waals surface area contributed by atoms with E-state index in [0.29, 0.717) is 18.3 Å². The zero-order chi connectivity index (χ0) is 20.9. The average molecular weight is 425 g/mol. The second-order valence-corrected chi connectivity index (χ2v) is 8.14. The molecule has 1 fully saturated rings. The molecule has 0 radical (unpaired) electrons. The highest BCUT2D eigenvalue weighted by Crippen LogP contribution is 2.24. The van der Waals surface area contributed by atoms with Gasteiger partial charge in [-0.25, -0.2) is 0 Å². The van der Waals surface area contributed by atoms with Crippen LogP contribution in [0, 0.1) is 5.92 Å². The third-order valence-corrected chi connectivity index (χ3v) is 5.82. The van der Waals surface area contributed by atoms with Crippen LogP contribution in [0.15, 0.2) is 59.1 Å². The monoisotopic (exact) mass is 424 g/mol. The van der Waals surface area contributed by atoms with Crippen molar-refractivity contribution in [2.24, 2.45) is 5.92 Å². The zero-order valence-corrected chi connectivity index (χ0v) is 17.8. The molecule has 0 unspecified atom stereocenters. The Morgan fingerprint density at radius 2 is 1.97 bits per heavy atom. The van der Waals surface area contributed by atoms with Gasteiger partial charge in [-0.2, -0.15) is 4.98 Å². The van der Waals surface area contributed by atoms with Crippen molar-refractivity contribution in [3.63, 3.8) is 0 Å². The summed E-state index contributed by atoms with van der Waals surface area (Å²) in [5, 5.41) is 4.81. The fourth-order valence-corrected chi connectivity index (χ4v) is 4.08. The minimum absolute atomic E-state index is 0.0391. The van der Waals surface area contributed by atoms with Crippen LogP contribution in [0.3, 0.4) is 0 Å². The van der Waals surface area contributed by atoms with Gasteiger partial charge in [0.05, 0.1) is 12.5 Å². The molecule has 0 N–H and O–H groups in total. The van der Waals surface area contributed by atoms with Crippen LogP contribution in [0.4, 0.5) is 0 Å². The maximum atomic E-state index is 13.0. The van der Waals surface area contributed by atoms with E-state index in [9.17, 15) is 4.79 Å². The molecule has 0 aliphatic carbocycles. The average Bonchev–Trinajstić information content (AvgIpc) is 3.24. The number of rotatable bonds is 6. The summed E-state index contributed by atoms with van der Waals surface area (Å²) in [4.78, 5) is 21.5. The second kappa shape index (κ2) is 9.41. The van der Waals surface area contributed by atoms with Crippen molar-refractivity contribution in [1.82, 2.24) is 19.9 Å². The number of aromatic nitrogens is 2. The predicted molar refractivity (Wildman–Crippen MR) is 116 cm³/mol. The van der Waals surface area contributed by atoms with Gasteiger partial charge in [-0.1, -0.05) is 65.3 Å². The summed E-state index contributed by atoms with van der Waals surface area (Å²) in [6, 6.07) is 17.5. The molecule has 30 heavy (non-hydrogen) atoms. The molecule has 2 aromatic carbocycles. The van der Waals surface area contributed by atoms with Gasteiger partial charge in [0.25, 0.3) is 0 Å². The number of hydrogen-bond donors (Lipinski definition) is 0. The number of amides is 1. The Morgan fingerprint density at radius 1 is 1.20 bits per heavy atom. The minimum atomic E-state index is -0.0391. The maximum Gasteiger partial charge on any atom is 0.246 e. The Kier molecular flexibility index (Phi) is 6.45. The van der Waals surface area contributed by atoms with Crippen molar-refractivity contribution < 1.29 is 9.32 Å². The van der Waals surface area contributed by atoms with Crippen molar-refractivity contribution in [2.75, 3.05) is 20.1 Å². The summed E-state index contributed by atoms with van der Waals surface area (Å²) in [6.45, 7) is 2.77. The summed E-state index contributed by atoms with van der Waals surface area (Å²) in [5.41, 5.74) is 1.99. The fraction of sp³-hybridized carbons (Fsp3) is 0.348. The van der Waals surface area contributed by atoms with Crippen LogP contribution in [-0.2, 0) is 17.9 Å². The van der Waals surface area contributed by atoms with Gasteiger partial charge in [-0.3, -0.25) is 9.69 Å². The molecule has 1 amide bonds. The van der Waals surface area contributed by atoms with E-state index in [-0.39, 0.29) is 11.8 Å². The molecule has 1 saturated heterocycles. The molecule has 0 saturated carbocycles. The van der Waals surface area contributed by atoms with E-state index >= 15 is 0 Å². The molecule has 1 atom stereocenters. The SMILES string of the molecule is CN(Cc1nc(-c2ccccc2)no1)C(=O)[C@@H]1CCCN(Cc2ccccc2Cl)C1. The number of benzene rings is 2. The topological polar surface area (TPSA) is 62.5 Å². The lowest BCUT2D eigenvalue weighted by molar-refractivity contribution is -0.137. The number of halogens is 1. The third-order valence-electron chi connectivity index (χ3n) is 5.46. The molecule has 156 valence electrons. The van der Waals surface area contributed by atoms with Gasteiger partial charge in [0, 0.05) is 30.7 Å². The molecule has 3 aromatic rings. The first-order valence-corrected chi connectivity index (χ1v) is 10.6. The highest BCUT2D eigenvalue weighted by atomic mass is 35.5. The Hall–Kier alpha value is -2.70. The van der Waals surface area contributed by atoms with Crippen LogP contribution in [0.5, 0.6) is 0 Å². The Labute approximate surface area is 181 Å². The molecular weight excluding hydrogens is 400 g/mol. The van der Waals surface area contributed by atoms with E-state index in [2.05, 4.69) is 15.0 Å². The second-order valence-electron chi connectivity index (χ2n) is 7.74. The van der Waals surface area contributed by atoms with Crippen LogP contribution in [0.1, 0.15) is 24.3 Å². The molecule has 2 heterocycles. The first kappa shape index (κ1) is 20.6. The van der Waals surface area contributed by atoms with Crippen LogP contribution < -0.4 is 0 Å². The lowest BCUT2D eigenvalue weighted by Crippen LogP contribution is -2.43. The summed E-state index contributed by atoms with van der Waals surface area (Å²) in [7, 11) is 1.79. The smallest absolute Gasteiger partial charge is 0.246 e. The van der Waals surface area contributed by atoms with Crippen molar-refractivity contribution >= 4 is 17.5 Å². The predicted octanol–water partition coefficient (Wildman–Crippen LogP) is 4.26. The van der Waals surface area contributed by atoms with Crippen LogP contribution in [0.25, 0.3) is 11.4 Å². The van der Waals surface area contributed by atoms with E-state index in [1.807, 2.05) is 54.6 Å². The van der Waals surface area contributed by atoms with Crippen molar-refractivity contribution in [3.8, 4) is 11.4 Å². The van der Waals surface area contributed by atoms with E-state index < -0.39 is 0 Å². The van der Waals surface area contributed by atoms with E-state index in [1.54, 1.807) is 11.9 Å². The quantitative estimate of drug-likeness (QED) is 0.591. The molecule has 0 spiro atoms. The Morgan fingerprint density at radius 3 is 2.77 bits per heavy atom. The summed E-state index contributed by atoms with van der Waals surface area (Å²) in [5.74, 6) is 1.05. The van der Waals surface area contributed by atoms with Gasteiger partial charge in [0.1, 0.15) is 0 Å². The minimum Gasteiger partial charge on any atom is -0.337 e. The van der Waals surface area contributed by atoms with Gasteiger partial charge >= 0.3 is 0 Å².